The molecule has 0 aromatic carbocycles. The fourth-order valence-electron chi connectivity index (χ4n) is 4.74. The molecule has 0 bridgehead atoms. The van der Waals surface area contributed by atoms with Crippen molar-refractivity contribution in [1.82, 2.24) is 14.8 Å². The zero-order valence-corrected chi connectivity index (χ0v) is 16.4. The number of fused-ring (bicyclic) bond motifs is 3. The summed E-state index contributed by atoms with van der Waals surface area (Å²) in [6, 6.07) is 2.41. The predicted octanol–water partition coefficient (Wildman–Crippen LogP) is 1.93. The van der Waals surface area contributed by atoms with E-state index in [4.69, 9.17) is 0 Å². The molecule has 29 heavy (non-hydrogen) atoms. The van der Waals surface area contributed by atoms with Gasteiger partial charge in [0.1, 0.15) is 6.54 Å². The van der Waals surface area contributed by atoms with Gasteiger partial charge in [-0.15, -0.1) is 0 Å². The van der Waals surface area contributed by atoms with Crippen LogP contribution in [0, 0.1) is 11.8 Å². The van der Waals surface area contributed by atoms with Crippen molar-refractivity contribution in [3.8, 4) is 0 Å². The molecule has 1 aromatic rings. The number of amides is 1. The Hall–Kier alpha value is -2.13. The minimum atomic E-state index is -4.50. The lowest BCUT2D eigenvalue weighted by Crippen LogP contribution is -2.50. The monoisotopic (exact) mass is 413 g/mol. The van der Waals surface area contributed by atoms with Gasteiger partial charge in [0, 0.05) is 36.2 Å². The molecule has 1 fully saturated rings. The number of nitrogens with one attached hydrogen (secondary N) is 1. The van der Waals surface area contributed by atoms with Crippen LogP contribution in [0.5, 0.6) is 0 Å². The highest BCUT2D eigenvalue weighted by molar-refractivity contribution is 5.82. The van der Waals surface area contributed by atoms with Gasteiger partial charge in [0.05, 0.1) is 12.1 Å². The molecule has 0 unspecified atom stereocenters. The number of allylic oxidation sites excluding steroid dienone is 1. The van der Waals surface area contributed by atoms with E-state index in [9.17, 15) is 27.9 Å². The van der Waals surface area contributed by atoms with E-state index in [1.54, 1.807) is 22.8 Å². The van der Waals surface area contributed by atoms with E-state index in [-0.39, 0.29) is 24.1 Å². The summed E-state index contributed by atoms with van der Waals surface area (Å²) in [4.78, 5) is 27.3. The molecule has 0 saturated carbocycles. The summed E-state index contributed by atoms with van der Waals surface area (Å²) >= 11 is 0. The van der Waals surface area contributed by atoms with Crippen molar-refractivity contribution < 1.29 is 23.1 Å². The SMILES string of the molecule is C/C=C\c1ccc2n(c1=O)C[C@H]1[C@H](CO)[C@@H](C(=O)NCC(F)(F)F)N(CCC)[C@@H]21. The summed E-state index contributed by atoms with van der Waals surface area (Å²) < 4.78 is 39.4. The van der Waals surface area contributed by atoms with Crippen molar-refractivity contribution in [2.75, 3.05) is 19.7 Å². The highest BCUT2D eigenvalue weighted by Crippen LogP contribution is 2.49. The summed E-state index contributed by atoms with van der Waals surface area (Å²) in [7, 11) is 0. The molecule has 9 heteroatoms. The molecule has 2 aliphatic heterocycles. The van der Waals surface area contributed by atoms with Crippen LogP contribution in [-0.4, -0.2) is 52.4 Å². The molecule has 3 heterocycles. The zero-order chi connectivity index (χ0) is 21.3. The third-order valence-electron chi connectivity index (χ3n) is 5.78. The van der Waals surface area contributed by atoms with Gasteiger partial charge in [-0.05, 0) is 32.0 Å². The number of hydrogen-bond donors (Lipinski definition) is 2. The minimum Gasteiger partial charge on any atom is -0.396 e. The Kier molecular flexibility index (Phi) is 6.19. The first-order valence-electron chi connectivity index (χ1n) is 9.81. The molecular formula is C20H26F3N3O3. The fraction of sp³-hybridized carbons (Fsp3) is 0.600. The van der Waals surface area contributed by atoms with E-state index in [0.717, 1.165) is 5.69 Å². The molecule has 1 aromatic heterocycles. The molecule has 0 radical (unpaired) electrons. The normalized spacial score (nSPS) is 26.7. The Morgan fingerprint density at radius 2 is 2.10 bits per heavy atom. The average molecular weight is 413 g/mol. The van der Waals surface area contributed by atoms with Crippen molar-refractivity contribution in [2.24, 2.45) is 11.8 Å². The lowest BCUT2D eigenvalue weighted by molar-refractivity contribution is -0.142. The van der Waals surface area contributed by atoms with E-state index < -0.39 is 30.6 Å². The summed E-state index contributed by atoms with van der Waals surface area (Å²) in [6.07, 6.45) is -0.312. The van der Waals surface area contributed by atoms with Crippen LogP contribution in [-0.2, 0) is 11.3 Å². The van der Waals surface area contributed by atoms with Crippen molar-refractivity contribution >= 4 is 12.0 Å². The second-order valence-corrected chi connectivity index (χ2v) is 7.60. The quantitative estimate of drug-likeness (QED) is 0.748. The Balaban J connectivity index is 1.97. The molecule has 4 atom stereocenters. The van der Waals surface area contributed by atoms with Crippen molar-refractivity contribution in [1.29, 1.82) is 0 Å². The van der Waals surface area contributed by atoms with Crippen LogP contribution in [0.4, 0.5) is 13.2 Å². The van der Waals surface area contributed by atoms with Gasteiger partial charge in [-0.25, -0.2) is 0 Å². The summed E-state index contributed by atoms with van der Waals surface area (Å²) in [6.45, 7) is 2.81. The van der Waals surface area contributed by atoms with Crippen molar-refractivity contribution in [3.05, 3.63) is 39.8 Å². The second kappa shape index (κ2) is 8.31. The summed E-state index contributed by atoms with van der Waals surface area (Å²) in [5.41, 5.74) is 1.16. The molecule has 160 valence electrons. The predicted molar refractivity (Wildman–Crippen MR) is 102 cm³/mol. The van der Waals surface area contributed by atoms with Crippen LogP contribution in [0.2, 0.25) is 0 Å². The Morgan fingerprint density at radius 1 is 1.38 bits per heavy atom. The van der Waals surface area contributed by atoms with Crippen molar-refractivity contribution in [2.45, 2.75) is 45.1 Å². The third-order valence-corrected chi connectivity index (χ3v) is 5.78. The summed E-state index contributed by atoms with van der Waals surface area (Å²) in [5.74, 6) is -1.50. The Morgan fingerprint density at radius 3 is 2.69 bits per heavy atom. The smallest absolute Gasteiger partial charge is 0.396 e. The van der Waals surface area contributed by atoms with Crippen LogP contribution in [0.1, 0.15) is 37.6 Å². The maximum atomic E-state index is 12.8. The minimum absolute atomic E-state index is 0.138. The van der Waals surface area contributed by atoms with E-state index in [1.165, 1.54) is 0 Å². The number of likely N-dealkylation sites (tertiary alicyclic amines) is 1. The maximum Gasteiger partial charge on any atom is 0.405 e. The molecule has 2 N–H and O–H groups in total. The molecule has 0 aliphatic carbocycles. The third kappa shape index (κ3) is 3.98. The molecule has 6 nitrogen and oxygen atoms in total. The highest BCUT2D eigenvalue weighted by atomic mass is 19.4. The van der Waals surface area contributed by atoms with Gasteiger partial charge in [0.25, 0.3) is 5.56 Å². The van der Waals surface area contributed by atoms with Gasteiger partial charge in [0.15, 0.2) is 0 Å². The highest BCUT2D eigenvalue weighted by Gasteiger charge is 2.55. The van der Waals surface area contributed by atoms with Gasteiger partial charge >= 0.3 is 6.18 Å². The van der Waals surface area contributed by atoms with Gasteiger partial charge < -0.3 is 15.0 Å². The summed E-state index contributed by atoms with van der Waals surface area (Å²) in [5, 5.41) is 12.0. The van der Waals surface area contributed by atoms with E-state index in [0.29, 0.717) is 25.1 Å². The van der Waals surface area contributed by atoms with Gasteiger partial charge in [0.2, 0.25) is 5.91 Å². The van der Waals surface area contributed by atoms with E-state index >= 15 is 0 Å². The number of halogens is 3. The number of carbonyl (C=O) groups is 1. The molecule has 3 rings (SSSR count). The number of aliphatic hydroxyl groups is 1. The lowest BCUT2D eigenvalue weighted by atomic mass is 9.88. The van der Waals surface area contributed by atoms with Crippen molar-refractivity contribution in [3.63, 3.8) is 0 Å². The number of hydrogen-bond acceptors (Lipinski definition) is 4. The van der Waals surface area contributed by atoms with Crippen LogP contribution >= 0.6 is 0 Å². The van der Waals surface area contributed by atoms with E-state index in [2.05, 4.69) is 0 Å². The van der Waals surface area contributed by atoms with Gasteiger partial charge in [-0.1, -0.05) is 19.1 Å². The molecule has 2 aliphatic rings. The molecule has 1 saturated heterocycles. The first kappa shape index (κ1) is 21.6. The zero-order valence-electron chi connectivity index (χ0n) is 16.4. The first-order valence-corrected chi connectivity index (χ1v) is 9.81. The first-order chi connectivity index (χ1) is 13.7. The lowest BCUT2D eigenvalue weighted by Gasteiger charge is -2.30. The Bertz CT molecular complexity index is 850. The topological polar surface area (TPSA) is 74.6 Å². The number of carbonyl (C=O) groups excluding carboxylic acids is 1. The average Bonchev–Trinajstić information content (AvgIpc) is 3.17. The number of nitrogens with zero attached hydrogens (tertiary/aromatic N) is 2. The van der Waals surface area contributed by atoms with Crippen LogP contribution in [0.3, 0.4) is 0 Å². The largest absolute Gasteiger partial charge is 0.405 e. The molecule has 1 amide bonds. The van der Waals surface area contributed by atoms with Crippen LogP contribution in [0.15, 0.2) is 23.0 Å². The number of aliphatic hydroxyl groups excluding tert-OH is 1. The van der Waals surface area contributed by atoms with Crippen LogP contribution in [0.25, 0.3) is 6.08 Å². The van der Waals surface area contributed by atoms with Gasteiger partial charge in [-0.2, -0.15) is 13.2 Å². The second-order valence-electron chi connectivity index (χ2n) is 7.60. The number of pyridine rings is 1. The van der Waals surface area contributed by atoms with Gasteiger partial charge in [-0.3, -0.25) is 14.5 Å². The molecule has 0 spiro atoms. The van der Waals surface area contributed by atoms with E-state index in [1.807, 2.05) is 30.1 Å². The number of rotatable bonds is 6. The maximum absolute atomic E-state index is 12.8. The Labute approximate surface area is 167 Å². The fourth-order valence-corrected chi connectivity index (χ4v) is 4.74. The standard InChI is InChI=1S/C20H26F3N3O3/c1-3-5-12-6-7-15-16-13(9-26(15)19(12)29)14(10-27)17(25(16)8-4-2)18(28)24-11-20(21,22)23/h3,5-7,13-14,16-17,27H,4,8-11H2,1-2H3,(H,24,28)/b5-3-/t13-,14-,16+,17-/m0/s1. The number of aromatic nitrogens is 1. The molecular weight excluding hydrogens is 387 g/mol. The number of alkyl halides is 3. The van der Waals surface area contributed by atoms with Crippen LogP contribution < -0.4 is 10.9 Å².